The van der Waals surface area contributed by atoms with Crippen LogP contribution in [0.5, 0.6) is 0 Å². The number of carbonyl (C=O) groups is 1. The molecule has 0 aliphatic carbocycles. The maximum Gasteiger partial charge on any atom is 0.302 e. The number of ether oxygens (including phenoxy) is 1. The van der Waals surface area contributed by atoms with Crippen molar-refractivity contribution in [3.05, 3.63) is 0 Å². The molecule has 12 heavy (non-hydrogen) atoms. The zero-order valence-corrected chi connectivity index (χ0v) is 7.45. The van der Waals surface area contributed by atoms with Crippen LogP contribution in [0, 0.1) is 5.92 Å². The second kappa shape index (κ2) is 3.05. The first-order valence-electron chi connectivity index (χ1n) is 4.65. The molecule has 0 aromatic rings. The molecule has 3 nitrogen and oxygen atoms in total. The predicted molar refractivity (Wildman–Crippen MR) is 44.7 cm³/mol. The zero-order valence-electron chi connectivity index (χ0n) is 7.45. The van der Waals surface area contributed by atoms with Gasteiger partial charge < -0.3 is 4.74 Å². The lowest BCUT2D eigenvalue weighted by molar-refractivity contribution is -0.147. The van der Waals surface area contributed by atoms with E-state index in [1.54, 1.807) is 0 Å². The summed E-state index contributed by atoms with van der Waals surface area (Å²) in [6.07, 6.45) is 2.68. The Hall–Kier alpha value is -0.570. The molecular weight excluding hydrogens is 154 g/mol. The van der Waals surface area contributed by atoms with E-state index in [1.807, 2.05) is 0 Å². The molecule has 0 aromatic carbocycles. The molecule has 0 spiro atoms. The van der Waals surface area contributed by atoms with Gasteiger partial charge in [-0.05, 0) is 19.4 Å². The van der Waals surface area contributed by atoms with Crippen LogP contribution in [-0.2, 0) is 9.53 Å². The Kier molecular flexibility index (Phi) is 2.05. The summed E-state index contributed by atoms with van der Waals surface area (Å²) in [7, 11) is 0. The normalized spacial score (nSPS) is 39.6. The van der Waals surface area contributed by atoms with Crippen molar-refractivity contribution in [1.82, 2.24) is 4.90 Å². The summed E-state index contributed by atoms with van der Waals surface area (Å²) >= 11 is 0. The van der Waals surface area contributed by atoms with E-state index in [2.05, 4.69) is 4.90 Å². The third-order valence-corrected chi connectivity index (χ3v) is 2.82. The smallest absolute Gasteiger partial charge is 0.302 e. The van der Waals surface area contributed by atoms with Gasteiger partial charge in [-0.1, -0.05) is 0 Å². The minimum Gasteiger partial charge on any atom is -0.461 e. The lowest BCUT2D eigenvalue weighted by Crippen LogP contribution is -2.26. The van der Waals surface area contributed by atoms with Crippen molar-refractivity contribution >= 4 is 5.97 Å². The molecule has 2 aliphatic rings. The number of hydrogen-bond donors (Lipinski definition) is 0. The van der Waals surface area contributed by atoms with Crippen molar-refractivity contribution in [3.63, 3.8) is 0 Å². The Morgan fingerprint density at radius 1 is 1.50 bits per heavy atom. The Morgan fingerprint density at radius 3 is 3.00 bits per heavy atom. The Bertz CT molecular complexity index is 193. The summed E-state index contributed by atoms with van der Waals surface area (Å²) < 4.78 is 5.24. The van der Waals surface area contributed by atoms with Gasteiger partial charge in [-0.15, -0.1) is 0 Å². The molecule has 2 heterocycles. The van der Waals surface area contributed by atoms with Gasteiger partial charge in [0.25, 0.3) is 0 Å². The second-order valence-corrected chi connectivity index (χ2v) is 3.81. The van der Waals surface area contributed by atoms with Gasteiger partial charge in [0.1, 0.15) is 6.10 Å². The summed E-state index contributed by atoms with van der Waals surface area (Å²) in [5.41, 5.74) is 0. The summed E-state index contributed by atoms with van der Waals surface area (Å²) in [6, 6.07) is 0. The van der Waals surface area contributed by atoms with E-state index in [0.717, 1.165) is 13.1 Å². The molecule has 0 aromatic heterocycles. The predicted octanol–water partition coefficient (Wildman–Crippen LogP) is 0.644. The first-order valence-corrected chi connectivity index (χ1v) is 4.65. The van der Waals surface area contributed by atoms with Crippen LogP contribution in [0.25, 0.3) is 0 Å². The molecule has 3 unspecified atom stereocenters. The number of piperidine rings is 1. The van der Waals surface area contributed by atoms with Gasteiger partial charge in [-0.2, -0.15) is 0 Å². The van der Waals surface area contributed by atoms with E-state index < -0.39 is 0 Å². The molecule has 0 amide bonds. The van der Waals surface area contributed by atoms with Crippen LogP contribution < -0.4 is 0 Å². The van der Waals surface area contributed by atoms with E-state index in [-0.39, 0.29) is 12.1 Å². The second-order valence-electron chi connectivity index (χ2n) is 3.81. The first kappa shape index (κ1) is 8.05. The van der Waals surface area contributed by atoms with Crippen LogP contribution in [0.15, 0.2) is 0 Å². The van der Waals surface area contributed by atoms with Crippen LogP contribution in [0.1, 0.15) is 19.8 Å². The molecule has 2 saturated heterocycles. The standard InChI is InChI=1S/C9H15NO2/c1-7(11)12-9-6-10-4-2-3-8(9)5-10/h8-9H,2-6H2,1H3. The van der Waals surface area contributed by atoms with Crippen molar-refractivity contribution in [2.24, 2.45) is 5.92 Å². The maximum atomic E-state index is 10.7. The molecule has 2 fully saturated rings. The van der Waals surface area contributed by atoms with E-state index in [0.29, 0.717) is 5.92 Å². The van der Waals surface area contributed by atoms with Crippen molar-refractivity contribution in [3.8, 4) is 0 Å². The summed E-state index contributed by atoms with van der Waals surface area (Å²) in [5, 5.41) is 0. The number of nitrogens with zero attached hydrogens (tertiary/aromatic N) is 1. The highest BCUT2D eigenvalue weighted by Crippen LogP contribution is 2.28. The van der Waals surface area contributed by atoms with E-state index in [4.69, 9.17) is 4.74 Å². The molecule has 0 saturated carbocycles. The molecule has 68 valence electrons. The van der Waals surface area contributed by atoms with Crippen molar-refractivity contribution in [2.75, 3.05) is 19.6 Å². The SMILES string of the molecule is CC(=O)OC1CN2CCCC1C2. The third-order valence-electron chi connectivity index (χ3n) is 2.82. The minimum atomic E-state index is -0.131. The molecule has 2 rings (SSSR count). The highest BCUT2D eigenvalue weighted by Gasteiger charge is 2.37. The quantitative estimate of drug-likeness (QED) is 0.540. The van der Waals surface area contributed by atoms with Crippen LogP contribution in [-0.4, -0.2) is 36.6 Å². The monoisotopic (exact) mass is 169 g/mol. The minimum absolute atomic E-state index is 0.131. The highest BCUT2D eigenvalue weighted by molar-refractivity contribution is 5.66. The largest absolute Gasteiger partial charge is 0.461 e. The lowest BCUT2D eigenvalue weighted by atomic mass is 9.99. The van der Waals surface area contributed by atoms with Crippen molar-refractivity contribution in [1.29, 1.82) is 0 Å². The van der Waals surface area contributed by atoms with Crippen molar-refractivity contribution < 1.29 is 9.53 Å². The van der Waals surface area contributed by atoms with Gasteiger partial charge in [-0.25, -0.2) is 0 Å². The number of rotatable bonds is 1. The van der Waals surface area contributed by atoms with Gasteiger partial charge in [0.2, 0.25) is 0 Å². The number of fused-ring (bicyclic) bond motifs is 2. The molecule has 0 N–H and O–H groups in total. The van der Waals surface area contributed by atoms with Crippen LogP contribution in [0.3, 0.4) is 0 Å². The summed E-state index contributed by atoms with van der Waals surface area (Å²) in [4.78, 5) is 13.1. The topological polar surface area (TPSA) is 29.5 Å². The van der Waals surface area contributed by atoms with Gasteiger partial charge in [-0.3, -0.25) is 9.69 Å². The van der Waals surface area contributed by atoms with Crippen molar-refractivity contribution in [2.45, 2.75) is 25.9 Å². The average molecular weight is 169 g/mol. The lowest BCUT2D eigenvalue weighted by Gasteiger charge is -2.21. The van der Waals surface area contributed by atoms with Gasteiger partial charge in [0.05, 0.1) is 0 Å². The number of esters is 1. The Labute approximate surface area is 72.7 Å². The van der Waals surface area contributed by atoms with E-state index in [9.17, 15) is 4.79 Å². The fraction of sp³-hybridized carbons (Fsp3) is 0.889. The Balaban J connectivity index is 1.95. The number of carbonyl (C=O) groups excluding carboxylic acids is 1. The highest BCUT2D eigenvalue weighted by atomic mass is 16.5. The summed E-state index contributed by atoms with van der Waals surface area (Å²) in [6.45, 7) is 4.79. The maximum absolute atomic E-state index is 10.7. The van der Waals surface area contributed by atoms with Crippen LogP contribution in [0.4, 0.5) is 0 Å². The summed E-state index contributed by atoms with van der Waals surface area (Å²) in [5.74, 6) is 0.483. The van der Waals surface area contributed by atoms with Gasteiger partial charge in [0, 0.05) is 25.9 Å². The van der Waals surface area contributed by atoms with Crippen LogP contribution in [0.2, 0.25) is 0 Å². The van der Waals surface area contributed by atoms with Gasteiger partial charge >= 0.3 is 5.97 Å². The molecule has 2 aliphatic heterocycles. The Morgan fingerprint density at radius 2 is 2.33 bits per heavy atom. The molecule has 0 radical (unpaired) electrons. The molecule has 2 bridgehead atoms. The molecule has 3 atom stereocenters. The van der Waals surface area contributed by atoms with Gasteiger partial charge in [0.15, 0.2) is 0 Å². The molecule has 3 heteroatoms. The molecular formula is C9H15NO2. The van der Waals surface area contributed by atoms with Crippen LogP contribution >= 0.6 is 0 Å². The third kappa shape index (κ3) is 1.46. The van der Waals surface area contributed by atoms with E-state index >= 15 is 0 Å². The fourth-order valence-electron chi connectivity index (χ4n) is 2.31. The van der Waals surface area contributed by atoms with E-state index in [1.165, 1.54) is 26.3 Å². The fourth-order valence-corrected chi connectivity index (χ4v) is 2.31. The average Bonchev–Trinajstić information content (AvgIpc) is 2.26. The first-order chi connectivity index (χ1) is 5.75. The number of hydrogen-bond acceptors (Lipinski definition) is 3. The zero-order chi connectivity index (χ0) is 8.55.